The largest absolute Gasteiger partial charge is 0.390 e. The molecule has 3 heterocycles. The van der Waals surface area contributed by atoms with E-state index >= 15 is 4.39 Å². The third-order valence-electron chi connectivity index (χ3n) is 6.63. The van der Waals surface area contributed by atoms with Crippen molar-refractivity contribution in [1.82, 2.24) is 14.4 Å². The smallest absolute Gasteiger partial charge is 0.222 e. The van der Waals surface area contributed by atoms with Crippen molar-refractivity contribution in [3.8, 4) is 22.4 Å². The highest BCUT2D eigenvalue weighted by Crippen LogP contribution is 2.39. The van der Waals surface area contributed by atoms with Crippen LogP contribution in [0.5, 0.6) is 0 Å². The van der Waals surface area contributed by atoms with Gasteiger partial charge in [0, 0.05) is 49.1 Å². The molecular formula is C28H28F2N6O. The molecule has 0 unspecified atom stereocenters. The molecule has 0 spiro atoms. The number of anilines is 1. The Morgan fingerprint density at radius 1 is 1.14 bits per heavy atom. The van der Waals surface area contributed by atoms with E-state index in [1.165, 1.54) is 18.2 Å². The molecular weight excluding hydrogens is 474 g/mol. The second-order valence-corrected chi connectivity index (χ2v) is 10.2. The number of aliphatic hydroxyl groups is 1. The summed E-state index contributed by atoms with van der Waals surface area (Å²) in [6.07, 6.45) is 5.31. The summed E-state index contributed by atoms with van der Waals surface area (Å²) in [6, 6.07) is 9.23. The number of piperidine rings is 1. The maximum absolute atomic E-state index is 15.7. The minimum absolute atomic E-state index is 0.0976. The van der Waals surface area contributed by atoms with Gasteiger partial charge in [0.1, 0.15) is 17.3 Å². The number of hydrogen-bond acceptors (Lipinski definition) is 5. The normalized spacial score (nSPS) is 14.8. The third-order valence-corrected chi connectivity index (χ3v) is 6.63. The lowest BCUT2D eigenvalue weighted by Gasteiger charge is -2.32. The van der Waals surface area contributed by atoms with Crippen molar-refractivity contribution in [1.29, 1.82) is 0 Å². The van der Waals surface area contributed by atoms with Gasteiger partial charge >= 0.3 is 0 Å². The Kier molecular flexibility index (Phi) is 6.40. The van der Waals surface area contributed by atoms with Crippen molar-refractivity contribution in [2.45, 2.75) is 44.8 Å². The number of halogens is 2. The third kappa shape index (κ3) is 4.90. The topological polar surface area (TPSA) is 84.0 Å². The summed E-state index contributed by atoms with van der Waals surface area (Å²) in [4.78, 5) is 14.8. The lowest BCUT2D eigenvalue weighted by molar-refractivity contribution is 0.0809. The quantitative estimate of drug-likeness (QED) is 0.370. The van der Waals surface area contributed by atoms with Crippen LogP contribution in [0.15, 0.2) is 48.8 Å². The van der Waals surface area contributed by atoms with Crippen molar-refractivity contribution < 1.29 is 13.9 Å². The maximum atomic E-state index is 15.7. The highest BCUT2D eigenvalue weighted by Gasteiger charge is 2.26. The average Bonchev–Trinajstić information content (AvgIpc) is 3.33. The number of benzene rings is 2. The van der Waals surface area contributed by atoms with Crippen LogP contribution >= 0.6 is 0 Å². The molecule has 1 saturated heterocycles. The van der Waals surface area contributed by atoms with Gasteiger partial charge in [0.25, 0.3) is 0 Å². The van der Waals surface area contributed by atoms with Gasteiger partial charge in [-0.1, -0.05) is 24.3 Å². The van der Waals surface area contributed by atoms with Gasteiger partial charge < -0.3 is 15.7 Å². The zero-order chi connectivity index (χ0) is 26.3. The summed E-state index contributed by atoms with van der Waals surface area (Å²) in [5.41, 5.74) is 7.63. The second-order valence-electron chi connectivity index (χ2n) is 10.2. The molecule has 2 aromatic heterocycles. The summed E-state index contributed by atoms with van der Waals surface area (Å²) in [6.45, 7) is 11.9. The number of nitrogens with zero attached hydrogens (tertiary/aromatic N) is 5. The van der Waals surface area contributed by atoms with E-state index in [-0.39, 0.29) is 23.7 Å². The van der Waals surface area contributed by atoms with Crippen molar-refractivity contribution in [2.24, 2.45) is 5.73 Å². The fourth-order valence-corrected chi connectivity index (χ4v) is 4.86. The van der Waals surface area contributed by atoms with Crippen LogP contribution in [-0.2, 0) is 6.42 Å². The molecule has 0 amide bonds. The molecule has 7 nitrogen and oxygen atoms in total. The molecule has 2 aromatic carbocycles. The molecule has 9 heteroatoms. The highest BCUT2D eigenvalue weighted by atomic mass is 19.1. The Morgan fingerprint density at radius 3 is 2.54 bits per heavy atom. The minimum atomic E-state index is -0.988. The summed E-state index contributed by atoms with van der Waals surface area (Å²) in [7, 11) is 0. The van der Waals surface area contributed by atoms with Gasteiger partial charge in [0.15, 0.2) is 0 Å². The minimum Gasteiger partial charge on any atom is -0.390 e. The van der Waals surface area contributed by atoms with Gasteiger partial charge in [-0.05, 0) is 44.4 Å². The van der Waals surface area contributed by atoms with Crippen LogP contribution in [0.1, 0.15) is 32.3 Å². The SMILES string of the molecule is [C-]#[N+]c1ccc(-c2nc(N3CCC(N)CC3)n3ccnc3c2-c2ccc(CC(C)(C)O)cc2F)cc1F. The van der Waals surface area contributed by atoms with Crippen LogP contribution in [0.4, 0.5) is 20.4 Å². The van der Waals surface area contributed by atoms with E-state index in [1.54, 1.807) is 44.4 Å². The monoisotopic (exact) mass is 502 g/mol. The molecule has 0 bridgehead atoms. The van der Waals surface area contributed by atoms with E-state index in [4.69, 9.17) is 17.3 Å². The Labute approximate surface area is 214 Å². The van der Waals surface area contributed by atoms with Gasteiger partial charge in [0.2, 0.25) is 11.6 Å². The lowest BCUT2D eigenvalue weighted by atomic mass is 9.94. The van der Waals surface area contributed by atoms with Crippen LogP contribution in [0.3, 0.4) is 0 Å². The van der Waals surface area contributed by atoms with Crippen LogP contribution in [-0.4, -0.2) is 44.2 Å². The van der Waals surface area contributed by atoms with Crippen molar-refractivity contribution >= 4 is 17.3 Å². The van der Waals surface area contributed by atoms with Gasteiger partial charge in [0.05, 0.1) is 23.4 Å². The molecule has 3 N–H and O–H groups in total. The van der Waals surface area contributed by atoms with E-state index in [0.717, 1.165) is 12.8 Å². The molecule has 0 aliphatic carbocycles. The molecule has 37 heavy (non-hydrogen) atoms. The molecule has 1 aliphatic rings. The first-order valence-corrected chi connectivity index (χ1v) is 12.2. The van der Waals surface area contributed by atoms with Crippen LogP contribution in [0.2, 0.25) is 0 Å². The Hall–Kier alpha value is -3.87. The first kappa shape index (κ1) is 24.8. The Bertz CT molecular complexity index is 1510. The van der Waals surface area contributed by atoms with Crippen molar-refractivity contribution in [3.05, 3.63) is 77.4 Å². The first-order valence-electron chi connectivity index (χ1n) is 12.2. The van der Waals surface area contributed by atoms with E-state index in [0.29, 0.717) is 47.1 Å². The standard InChI is InChI=1S/C28H28F2N6O/c1-28(2,37)16-17-4-6-20(21(29)14-17)24-25(18-5-7-23(32-3)22(30)15-18)34-27(36-13-10-33-26(24)36)35-11-8-19(31)9-12-35/h4-7,10,13-15,19,37H,8-9,11-12,16,31H2,1-2H3. The van der Waals surface area contributed by atoms with E-state index in [9.17, 15) is 9.50 Å². The molecule has 0 atom stereocenters. The maximum Gasteiger partial charge on any atom is 0.222 e. The number of rotatable bonds is 5. The zero-order valence-electron chi connectivity index (χ0n) is 20.7. The number of hydrogen-bond donors (Lipinski definition) is 2. The first-order chi connectivity index (χ1) is 17.6. The molecule has 1 aliphatic heterocycles. The zero-order valence-corrected chi connectivity index (χ0v) is 20.7. The molecule has 4 aromatic rings. The molecule has 1 fully saturated rings. The van der Waals surface area contributed by atoms with E-state index in [2.05, 4.69) is 14.7 Å². The number of imidazole rings is 1. The highest BCUT2D eigenvalue weighted by molar-refractivity contribution is 5.91. The summed E-state index contributed by atoms with van der Waals surface area (Å²) in [5.74, 6) is -0.550. The number of aromatic nitrogens is 3. The van der Waals surface area contributed by atoms with Crippen LogP contribution < -0.4 is 10.6 Å². The van der Waals surface area contributed by atoms with Gasteiger partial charge in [-0.3, -0.25) is 4.40 Å². The summed E-state index contributed by atoms with van der Waals surface area (Å²) in [5, 5.41) is 10.2. The molecule has 0 saturated carbocycles. The fraction of sp³-hybridized carbons (Fsp3) is 0.321. The van der Waals surface area contributed by atoms with Gasteiger partial charge in [-0.25, -0.2) is 23.6 Å². The Balaban J connectivity index is 1.74. The van der Waals surface area contributed by atoms with E-state index < -0.39 is 17.2 Å². The lowest BCUT2D eigenvalue weighted by Crippen LogP contribution is -2.40. The summed E-state index contributed by atoms with van der Waals surface area (Å²) >= 11 is 0. The second kappa shape index (κ2) is 9.54. The molecule has 190 valence electrons. The summed E-state index contributed by atoms with van der Waals surface area (Å²) < 4.78 is 32.2. The predicted octanol–water partition coefficient (Wildman–Crippen LogP) is 5.13. The number of nitrogens with two attached hydrogens (primary N) is 1. The van der Waals surface area contributed by atoms with Gasteiger partial charge in [-0.15, -0.1) is 0 Å². The van der Waals surface area contributed by atoms with Crippen LogP contribution in [0.25, 0.3) is 32.9 Å². The number of fused-ring (bicyclic) bond motifs is 1. The Morgan fingerprint density at radius 2 is 1.89 bits per heavy atom. The average molecular weight is 503 g/mol. The molecule has 5 rings (SSSR count). The predicted molar refractivity (Wildman–Crippen MR) is 139 cm³/mol. The van der Waals surface area contributed by atoms with Crippen LogP contribution in [0, 0.1) is 18.2 Å². The van der Waals surface area contributed by atoms with E-state index in [1.807, 2.05) is 4.40 Å². The van der Waals surface area contributed by atoms with Gasteiger partial charge in [-0.2, -0.15) is 0 Å². The fourth-order valence-electron chi connectivity index (χ4n) is 4.86. The van der Waals surface area contributed by atoms with Crippen molar-refractivity contribution in [2.75, 3.05) is 18.0 Å². The van der Waals surface area contributed by atoms with Crippen molar-refractivity contribution in [3.63, 3.8) is 0 Å². The molecule has 0 radical (unpaired) electrons.